The molecular weight excluding hydrogens is 304 g/mol. The Bertz CT molecular complexity index is 646. The highest BCUT2D eigenvalue weighted by Gasteiger charge is 2.29. The Morgan fingerprint density at radius 2 is 1.86 bits per heavy atom. The summed E-state index contributed by atoms with van der Waals surface area (Å²) in [4.78, 5) is 11.0. The maximum Gasteiger partial charge on any atom is 0.306 e. The van der Waals surface area contributed by atoms with Crippen LogP contribution in [0.15, 0.2) is 28.7 Å². The fourth-order valence-corrected chi connectivity index (χ4v) is 2.99. The van der Waals surface area contributed by atoms with Crippen LogP contribution >= 0.6 is 11.6 Å². The molecule has 2 aromatic rings. The molecule has 0 atom stereocenters. The fraction of sp³-hybridized carbons (Fsp3) is 0.438. The third-order valence-corrected chi connectivity index (χ3v) is 4.43. The van der Waals surface area contributed by atoms with Crippen LogP contribution in [0.1, 0.15) is 48.9 Å². The molecule has 1 N–H and O–H groups in total. The quantitative estimate of drug-likeness (QED) is 0.930. The SMILES string of the molecule is O=C(O)[C@H]1CC[C@H](c2nnc(Cc3ccc(Cl)cc3)o2)CC1. The molecule has 1 aliphatic rings. The first-order valence-corrected chi connectivity index (χ1v) is 7.79. The van der Waals surface area contributed by atoms with Crippen LogP contribution in [0.5, 0.6) is 0 Å². The Balaban J connectivity index is 1.62. The fourth-order valence-electron chi connectivity index (χ4n) is 2.87. The minimum atomic E-state index is -0.701. The Morgan fingerprint density at radius 3 is 2.50 bits per heavy atom. The van der Waals surface area contributed by atoms with Crippen molar-refractivity contribution in [2.75, 3.05) is 0 Å². The van der Waals surface area contributed by atoms with E-state index in [9.17, 15) is 4.79 Å². The van der Waals surface area contributed by atoms with E-state index in [-0.39, 0.29) is 11.8 Å². The Morgan fingerprint density at radius 1 is 1.18 bits per heavy atom. The van der Waals surface area contributed by atoms with Crippen molar-refractivity contribution in [2.24, 2.45) is 5.92 Å². The van der Waals surface area contributed by atoms with E-state index >= 15 is 0 Å². The number of hydrogen-bond donors (Lipinski definition) is 1. The van der Waals surface area contributed by atoms with E-state index < -0.39 is 5.97 Å². The first kappa shape index (κ1) is 15.0. The molecule has 1 saturated carbocycles. The summed E-state index contributed by atoms with van der Waals surface area (Å²) < 4.78 is 5.75. The zero-order valence-corrected chi connectivity index (χ0v) is 12.8. The third-order valence-electron chi connectivity index (χ3n) is 4.18. The number of carboxylic acids is 1. The van der Waals surface area contributed by atoms with Crippen LogP contribution in [0.2, 0.25) is 5.02 Å². The number of benzene rings is 1. The molecule has 0 aliphatic heterocycles. The topological polar surface area (TPSA) is 76.2 Å². The number of aromatic nitrogens is 2. The van der Waals surface area contributed by atoms with Crippen molar-refractivity contribution in [2.45, 2.75) is 38.0 Å². The lowest BCUT2D eigenvalue weighted by Gasteiger charge is -2.23. The Kier molecular flexibility index (Phi) is 4.43. The van der Waals surface area contributed by atoms with E-state index in [0.29, 0.717) is 36.1 Å². The van der Waals surface area contributed by atoms with E-state index in [1.54, 1.807) is 0 Å². The normalized spacial score (nSPS) is 21.7. The van der Waals surface area contributed by atoms with Gasteiger partial charge in [0.15, 0.2) is 0 Å². The Labute approximate surface area is 133 Å². The number of aliphatic carboxylic acids is 1. The minimum absolute atomic E-state index is 0.182. The first-order chi connectivity index (χ1) is 10.6. The number of halogens is 1. The molecule has 0 saturated heterocycles. The average molecular weight is 321 g/mol. The van der Waals surface area contributed by atoms with E-state index in [4.69, 9.17) is 21.1 Å². The van der Waals surface area contributed by atoms with Crippen LogP contribution in [0.4, 0.5) is 0 Å². The molecule has 0 radical (unpaired) electrons. The van der Waals surface area contributed by atoms with Gasteiger partial charge < -0.3 is 9.52 Å². The predicted molar refractivity (Wildman–Crippen MR) is 80.9 cm³/mol. The molecule has 1 aliphatic carbocycles. The molecule has 6 heteroatoms. The minimum Gasteiger partial charge on any atom is -0.481 e. The van der Waals surface area contributed by atoms with Gasteiger partial charge in [-0.15, -0.1) is 10.2 Å². The molecule has 1 heterocycles. The van der Waals surface area contributed by atoms with Gasteiger partial charge in [-0.1, -0.05) is 23.7 Å². The van der Waals surface area contributed by atoms with Crippen LogP contribution in [0.25, 0.3) is 0 Å². The molecule has 0 unspecified atom stereocenters. The summed E-state index contributed by atoms with van der Waals surface area (Å²) >= 11 is 5.86. The third kappa shape index (κ3) is 3.47. The van der Waals surface area contributed by atoms with Gasteiger partial charge in [-0.05, 0) is 43.4 Å². The van der Waals surface area contributed by atoms with Gasteiger partial charge in [0.05, 0.1) is 12.3 Å². The van der Waals surface area contributed by atoms with E-state index in [1.807, 2.05) is 24.3 Å². The second kappa shape index (κ2) is 6.48. The van der Waals surface area contributed by atoms with Gasteiger partial charge in [-0.3, -0.25) is 4.79 Å². The molecule has 1 aromatic heterocycles. The van der Waals surface area contributed by atoms with Gasteiger partial charge in [-0.25, -0.2) is 0 Å². The van der Waals surface area contributed by atoms with Gasteiger partial charge in [-0.2, -0.15) is 0 Å². The molecule has 3 rings (SSSR count). The van der Waals surface area contributed by atoms with E-state index in [1.165, 1.54) is 0 Å². The van der Waals surface area contributed by atoms with Crippen LogP contribution < -0.4 is 0 Å². The number of rotatable bonds is 4. The van der Waals surface area contributed by atoms with Crippen molar-refractivity contribution in [1.29, 1.82) is 0 Å². The number of carbonyl (C=O) groups is 1. The lowest BCUT2D eigenvalue weighted by molar-refractivity contribution is -0.142. The van der Waals surface area contributed by atoms with Crippen LogP contribution in [-0.4, -0.2) is 21.3 Å². The van der Waals surface area contributed by atoms with E-state index in [0.717, 1.165) is 18.4 Å². The molecule has 5 nitrogen and oxygen atoms in total. The van der Waals surface area contributed by atoms with Crippen LogP contribution in [0, 0.1) is 5.92 Å². The molecule has 22 heavy (non-hydrogen) atoms. The van der Waals surface area contributed by atoms with Gasteiger partial charge in [0, 0.05) is 10.9 Å². The second-order valence-electron chi connectivity index (χ2n) is 5.72. The van der Waals surface area contributed by atoms with Crippen molar-refractivity contribution < 1.29 is 14.3 Å². The lowest BCUT2D eigenvalue weighted by Crippen LogP contribution is -2.20. The standard InChI is InChI=1S/C16H17ClN2O3/c17-13-7-1-10(2-8-13)9-14-18-19-15(22-14)11-3-5-12(6-4-11)16(20)21/h1-2,7-8,11-12H,3-6,9H2,(H,20,21)/t11-,12-. The van der Waals surface area contributed by atoms with Crippen molar-refractivity contribution in [3.8, 4) is 0 Å². The van der Waals surface area contributed by atoms with Crippen molar-refractivity contribution in [3.63, 3.8) is 0 Å². The van der Waals surface area contributed by atoms with Gasteiger partial charge in [0.2, 0.25) is 11.8 Å². The number of hydrogen-bond acceptors (Lipinski definition) is 4. The monoisotopic (exact) mass is 320 g/mol. The van der Waals surface area contributed by atoms with Crippen LogP contribution in [-0.2, 0) is 11.2 Å². The smallest absolute Gasteiger partial charge is 0.306 e. The molecule has 0 spiro atoms. The molecular formula is C16H17ClN2O3. The van der Waals surface area contributed by atoms with Gasteiger partial charge >= 0.3 is 5.97 Å². The molecule has 116 valence electrons. The predicted octanol–water partition coefficient (Wildman–Crippen LogP) is 3.67. The average Bonchev–Trinajstić information content (AvgIpc) is 2.98. The molecule has 1 fully saturated rings. The summed E-state index contributed by atoms with van der Waals surface area (Å²) in [5.41, 5.74) is 1.06. The molecule has 1 aromatic carbocycles. The lowest BCUT2D eigenvalue weighted by atomic mass is 9.82. The number of carboxylic acid groups (broad SMARTS) is 1. The largest absolute Gasteiger partial charge is 0.481 e. The summed E-state index contributed by atoms with van der Waals surface area (Å²) in [6, 6.07) is 7.54. The summed E-state index contributed by atoms with van der Waals surface area (Å²) in [6.45, 7) is 0. The Hall–Kier alpha value is -1.88. The maximum absolute atomic E-state index is 11.0. The van der Waals surface area contributed by atoms with Gasteiger partial charge in [0.1, 0.15) is 0 Å². The summed E-state index contributed by atoms with van der Waals surface area (Å²) in [7, 11) is 0. The highest BCUT2D eigenvalue weighted by atomic mass is 35.5. The second-order valence-corrected chi connectivity index (χ2v) is 6.16. The maximum atomic E-state index is 11.0. The summed E-state index contributed by atoms with van der Waals surface area (Å²) in [6.07, 6.45) is 3.51. The highest BCUT2D eigenvalue weighted by molar-refractivity contribution is 6.30. The van der Waals surface area contributed by atoms with Crippen molar-refractivity contribution in [1.82, 2.24) is 10.2 Å². The highest BCUT2D eigenvalue weighted by Crippen LogP contribution is 2.35. The zero-order chi connectivity index (χ0) is 15.5. The van der Waals surface area contributed by atoms with Crippen molar-refractivity contribution >= 4 is 17.6 Å². The van der Waals surface area contributed by atoms with E-state index in [2.05, 4.69) is 10.2 Å². The summed E-state index contributed by atoms with van der Waals surface area (Å²) in [5.74, 6) is 0.465. The molecule has 0 amide bonds. The van der Waals surface area contributed by atoms with Crippen LogP contribution in [0.3, 0.4) is 0 Å². The first-order valence-electron chi connectivity index (χ1n) is 7.41. The van der Waals surface area contributed by atoms with Crippen molar-refractivity contribution in [3.05, 3.63) is 46.6 Å². The zero-order valence-electron chi connectivity index (χ0n) is 12.0. The molecule has 0 bridgehead atoms. The summed E-state index contributed by atoms with van der Waals surface area (Å²) in [5, 5.41) is 18.0. The number of nitrogens with zero attached hydrogens (tertiary/aromatic N) is 2. The van der Waals surface area contributed by atoms with Gasteiger partial charge in [0.25, 0.3) is 0 Å².